The molecule has 0 aromatic carbocycles. The Balaban J connectivity index is 4.20. The van der Waals surface area contributed by atoms with E-state index in [0.29, 0.717) is 23.9 Å². The topological polar surface area (TPSA) is 111 Å². The number of hydrogen-bond donors (Lipinski definition) is 0. The molecule has 10 heteroatoms. The number of quaternary nitrogens is 1. The summed E-state index contributed by atoms with van der Waals surface area (Å²) >= 11 is 0. The first kappa shape index (κ1) is 88.3. The molecule has 0 aliphatic heterocycles. The fraction of sp³-hybridized carbons (Fsp3) is 0.548. The molecule has 0 N–H and O–H groups in total. The first-order valence-electron chi connectivity index (χ1n) is 36.4. The molecule has 9 nitrogen and oxygen atoms in total. The number of carbonyl (C=O) groups excluding carboxylic acids is 2. The van der Waals surface area contributed by atoms with Crippen LogP contribution in [0.3, 0.4) is 0 Å². The molecule has 2 unspecified atom stereocenters. The van der Waals surface area contributed by atoms with Crippen LogP contribution in [0.25, 0.3) is 0 Å². The summed E-state index contributed by atoms with van der Waals surface area (Å²) in [6.07, 6.45) is 114. The van der Waals surface area contributed by atoms with Crippen molar-refractivity contribution in [3.63, 3.8) is 0 Å². The second-order valence-electron chi connectivity index (χ2n) is 24.5. The Morgan fingerprint density at radius 2 is 0.574 bits per heavy atom. The number of likely N-dealkylation sites (N-methyl/N-ethyl adjacent to an activating group) is 1. The third kappa shape index (κ3) is 75.4. The highest BCUT2D eigenvalue weighted by Crippen LogP contribution is 2.38. The summed E-state index contributed by atoms with van der Waals surface area (Å²) in [5, 5.41) is 0. The fourth-order valence-corrected chi connectivity index (χ4v) is 9.72. The maximum Gasteiger partial charge on any atom is 0.306 e. The largest absolute Gasteiger partial charge is 0.756 e. The molecular formula is C84H132NO8P. The molecule has 0 fully saturated rings. The van der Waals surface area contributed by atoms with Crippen molar-refractivity contribution >= 4 is 19.8 Å². The molecule has 0 aliphatic carbocycles. The van der Waals surface area contributed by atoms with Crippen LogP contribution in [0, 0.1) is 0 Å². The Hall–Kier alpha value is -5.67. The van der Waals surface area contributed by atoms with Crippen molar-refractivity contribution < 1.29 is 42.1 Å². The van der Waals surface area contributed by atoms with Gasteiger partial charge in [0.05, 0.1) is 27.7 Å². The van der Waals surface area contributed by atoms with E-state index in [1.165, 1.54) is 38.5 Å². The van der Waals surface area contributed by atoms with Crippen molar-refractivity contribution in [1.29, 1.82) is 0 Å². The molecule has 0 amide bonds. The van der Waals surface area contributed by atoms with E-state index in [0.717, 1.165) is 167 Å². The van der Waals surface area contributed by atoms with Gasteiger partial charge < -0.3 is 27.9 Å². The minimum atomic E-state index is -4.67. The lowest BCUT2D eigenvalue weighted by Crippen LogP contribution is -2.37. The average molecular weight is 1310 g/mol. The number of unbranched alkanes of at least 4 members (excludes halogenated alkanes) is 14. The monoisotopic (exact) mass is 1310 g/mol. The summed E-state index contributed by atoms with van der Waals surface area (Å²) in [6, 6.07) is 0. The molecule has 526 valence electrons. The first-order valence-corrected chi connectivity index (χ1v) is 37.9. The van der Waals surface area contributed by atoms with E-state index in [9.17, 15) is 19.0 Å². The van der Waals surface area contributed by atoms with Crippen molar-refractivity contribution in [1.82, 2.24) is 0 Å². The second-order valence-corrected chi connectivity index (χ2v) is 25.9. The minimum absolute atomic E-state index is 0.0490. The molecule has 0 radical (unpaired) electrons. The van der Waals surface area contributed by atoms with E-state index in [1.54, 1.807) is 0 Å². The first-order chi connectivity index (χ1) is 46.0. The predicted octanol–water partition coefficient (Wildman–Crippen LogP) is 23.7. The second kappa shape index (κ2) is 71.6. The standard InChI is InChI=1S/C84H132NO8P/c1-6-8-10-12-14-16-18-20-22-24-26-28-30-32-34-36-37-38-39-40-41-42-43-44-45-46-47-49-51-53-55-57-59-61-63-65-67-69-71-73-75-77-84(87)93-82(81-92-94(88,89)91-79-78-85(3,4)5)80-90-83(86)76-74-72-70-68-66-64-62-60-58-56-54-52-50-48-35-33-31-29-27-25-23-21-19-17-15-13-11-9-7-2/h8-11,14-17,20-23,26-29,32-35,37-38,40-41,43-44,46-47,50-53,57,59,63,65,82H,6-7,12-13,18-19,24-25,30-31,36,39,42,45,48-49,54-56,58,60-62,64,66-81H2,1-5H3/b10-8-,11-9-,16-14-,17-15-,22-20-,23-21-,28-26-,29-27-,34-32-,35-33-,38-37-,41-40-,44-43-,47-46-,52-50-,53-51-,59-57-,65-63-. The van der Waals surface area contributed by atoms with Gasteiger partial charge in [-0.3, -0.25) is 14.2 Å². The predicted molar refractivity (Wildman–Crippen MR) is 405 cm³/mol. The highest BCUT2D eigenvalue weighted by Gasteiger charge is 2.22. The van der Waals surface area contributed by atoms with Gasteiger partial charge >= 0.3 is 11.9 Å². The molecular weight excluding hydrogens is 1180 g/mol. The molecule has 0 spiro atoms. The molecule has 0 saturated carbocycles. The summed E-state index contributed by atoms with van der Waals surface area (Å²) in [5.74, 6) is -0.883. The van der Waals surface area contributed by atoms with Gasteiger partial charge in [-0.05, 0) is 154 Å². The maximum absolute atomic E-state index is 12.9. The molecule has 94 heavy (non-hydrogen) atoms. The number of rotatable bonds is 64. The van der Waals surface area contributed by atoms with E-state index in [1.807, 2.05) is 21.1 Å². The summed E-state index contributed by atoms with van der Waals surface area (Å²) in [6.45, 7) is 3.95. The Morgan fingerprint density at radius 1 is 0.330 bits per heavy atom. The molecule has 0 aromatic rings. The average Bonchev–Trinajstić information content (AvgIpc) is 1.57. The highest BCUT2D eigenvalue weighted by molar-refractivity contribution is 7.45. The van der Waals surface area contributed by atoms with Crippen molar-refractivity contribution in [3.05, 3.63) is 219 Å². The molecule has 0 rings (SSSR count). The van der Waals surface area contributed by atoms with Gasteiger partial charge in [0.2, 0.25) is 0 Å². The Bertz CT molecular complexity index is 2390. The number of phosphoric acid groups is 1. The number of allylic oxidation sites excluding steroid dienone is 36. The highest BCUT2D eigenvalue weighted by atomic mass is 31.2. The SMILES string of the molecule is CC/C=C\C/C=C\C/C=C\C/C=C\C/C=C\C/C=C\C/C=C\C/C=C\C/C=C\C/C=C\C/C=C\C/C=C\CCCCCCC(=O)OC(COC(=O)CCCCCCCCCCCC/C=C\C/C=C\C/C=C\C/C=C\C/C=C\C/C=C\CC)COP(=O)([O-])OCC[N+](C)(C)C. The number of ether oxygens (including phenoxy) is 2. The van der Waals surface area contributed by atoms with Crippen molar-refractivity contribution in [2.75, 3.05) is 47.5 Å². The Morgan fingerprint density at radius 3 is 0.851 bits per heavy atom. The van der Waals surface area contributed by atoms with Gasteiger partial charge in [-0.15, -0.1) is 0 Å². The van der Waals surface area contributed by atoms with Gasteiger partial charge in [-0.1, -0.05) is 297 Å². The Kier molecular flexibility index (Phi) is 67.3. The number of esters is 2. The van der Waals surface area contributed by atoms with Crippen LogP contribution in [0.1, 0.15) is 245 Å². The van der Waals surface area contributed by atoms with Crippen LogP contribution < -0.4 is 4.89 Å². The smallest absolute Gasteiger partial charge is 0.306 e. The number of carbonyl (C=O) groups is 2. The summed E-state index contributed by atoms with van der Waals surface area (Å²) < 4.78 is 34.3. The summed E-state index contributed by atoms with van der Waals surface area (Å²) in [5.41, 5.74) is 0. The molecule has 0 bridgehead atoms. The third-order valence-corrected chi connectivity index (χ3v) is 15.5. The van der Waals surface area contributed by atoms with Gasteiger partial charge in [0.1, 0.15) is 19.8 Å². The van der Waals surface area contributed by atoms with Crippen LogP contribution in [0.2, 0.25) is 0 Å². The van der Waals surface area contributed by atoms with Gasteiger partial charge in [-0.25, -0.2) is 0 Å². The molecule has 0 aliphatic rings. The van der Waals surface area contributed by atoms with E-state index < -0.39 is 32.5 Å². The summed E-state index contributed by atoms with van der Waals surface area (Å²) in [4.78, 5) is 38.1. The number of phosphoric ester groups is 1. The zero-order chi connectivity index (χ0) is 68.3. The van der Waals surface area contributed by atoms with Crippen LogP contribution in [-0.2, 0) is 32.7 Å². The molecule has 0 aromatic heterocycles. The van der Waals surface area contributed by atoms with Crippen molar-refractivity contribution in [2.24, 2.45) is 0 Å². The lowest BCUT2D eigenvalue weighted by atomic mass is 10.1. The van der Waals surface area contributed by atoms with Gasteiger partial charge in [-0.2, -0.15) is 0 Å². The van der Waals surface area contributed by atoms with E-state index in [4.69, 9.17) is 18.5 Å². The minimum Gasteiger partial charge on any atom is -0.756 e. The molecule has 0 heterocycles. The quantitative estimate of drug-likeness (QED) is 0.0195. The zero-order valence-electron chi connectivity index (χ0n) is 59.8. The summed E-state index contributed by atoms with van der Waals surface area (Å²) in [7, 11) is 1.11. The van der Waals surface area contributed by atoms with Crippen LogP contribution in [0.4, 0.5) is 0 Å². The zero-order valence-corrected chi connectivity index (χ0v) is 60.7. The van der Waals surface area contributed by atoms with E-state index in [-0.39, 0.29) is 26.1 Å². The van der Waals surface area contributed by atoms with Crippen LogP contribution in [0.5, 0.6) is 0 Å². The van der Waals surface area contributed by atoms with Gasteiger partial charge in [0.25, 0.3) is 7.82 Å². The molecule has 2 atom stereocenters. The van der Waals surface area contributed by atoms with Crippen molar-refractivity contribution in [2.45, 2.75) is 251 Å². The van der Waals surface area contributed by atoms with Crippen LogP contribution in [0.15, 0.2) is 219 Å². The van der Waals surface area contributed by atoms with E-state index >= 15 is 0 Å². The number of hydrogen-bond acceptors (Lipinski definition) is 8. The van der Waals surface area contributed by atoms with Gasteiger partial charge in [0, 0.05) is 12.8 Å². The number of nitrogens with zero attached hydrogens (tertiary/aromatic N) is 1. The maximum atomic E-state index is 12.9. The van der Waals surface area contributed by atoms with E-state index in [2.05, 4.69) is 233 Å². The van der Waals surface area contributed by atoms with Crippen molar-refractivity contribution in [3.8, 4) is 0 Å². The molecule has 0 saturated heterocycles. The lowest BCUT2D eigenvalue weighted by molar-refractivity contribution is -0.870. The third-order valence-electron chi connectivity index (χ3n) is 14.5. The normalized spacial score (nSPS) is 14.4. The van der Waals surface area contributed by atoms with Gasteiger partial charge in [0.15, 0.2) is 6.10 Å². The van der Waals surface area contributed by atoms with Crippen LogP contribution >= 0.6 is 7.82 Å². The fourth-order valence-electron chi connectivity index (χ4n) is 8.99. The van der Waals surface area contributed by atoms with Crippen LogP contribution in [-0.4, -0.2) is 70.0 Å². The Labute approximate surface area is 576 Å². The lowest BCUT2D eigenvalue weighted by Gasteiger charge is -2.28.